The van der Waals surface area contributed by atoms with Crippen molar-refractivity contribution in [2.75, 3.05) is 17.4 Å². The number of hydrogen-bond donors (Lipinski definition) is 1. The van der Waals surface area contributed by atoms with Gasteiger partial charge in [0.25, 0.3) is 10.0 Å². The topological polar surface area (TPSA) is 84.3 Å². The third-order valence-electron chi connectivity index (χ3n) is 4.48. The van der Waals surface area contributed by atoms with Gasteiger partial charge >= 0.3 is 0 Å². The Balaban J connectivity index is 1.73. The summed E-state index contributed by atoms with van der Waals surface area (Å²) in [6.07, 6.45) is 5.99. The SMILES string of the molecule is Cc1ccccc1N(CC(=O)NCCCn1ccnc1)S(=O)(=O)c1ccccc1. The predicted octanol–water partition coefficient (Wildman–Crippen LogP) is 2.59. The van der Waals surface area contributed by atoms with Crippen LogP contribution >= 0.6 is 0 Å². The lowest BCUT2D eigenvalue weighted by atomic mass is 10.2. The zero-order chi connectivity index (χ0) is 20.7. The van der Waals surface area contributed by atoms with Gasteiger partial charge in [-0.25, -0.2) is 13.4 Å². The highest BCUT2D eigenvalue weighted by Crippen LogP contribution is 2.26. The second kappa shape index (κ2) is 9.38. The molecule has 1 N–H and O–H groups in total. The Hall–Kier alpha value is -3.13. The molecule has 3 rings (SSSR count). The van der Waals surface area contributed by atoms with E-state index in [0.29, 0.717) is 12.2 Å². The normalized spacial score (nSPS) is 11.2. The molecule has 0 saturated carbocycles. The Morgan fingerprint density at radius 3 is 2.52 bits per heavy atom. The summed E-state index contributed by atoms with van der Waals surface area (Å²) < 4.78 is 29.6. The van der Waals surface area contributed by atoms with E-state index in [1.807, 2.05) is 29.8 Å². The average Bonchev–Trinajstić information content (AvgIpc) is 3.24. The van der Waals surface area contributed by atoms with Crippen LogP contribution in [-0.2, 0) is 21.4 Å². The molecule has 1 heterocycles. The number of nitrogens with one attached hydrogen (secondary N) is 1. The second-order valence-electron chi connectivity index (χ2n) is 6.62. The van der Waals surface area contributed by atoms with Crippen LogP contribution in [0.25, 0.3) is 0 Å². The molecule has 0 unspecified atom stereocenters. The van der Waals surface area contributed by atoms with Crippen LogP contribution in [-0.4, -0.2) is 37.0 Å². The van der Waals surface area contributed by atoms with Crippen molar-refractivity contribution in [1.82, 2.24) is 14.9 Å². The van der Waals surface area contributed by atoms with E-state index >= 15 is 0 Å². The maximum absolute atomic E-state index is 13.2. The molecule has 0 bridgehead atoms. The maximum Gasteiger partial charge on any atom is 0.264 e. The molecule has 0 radical (unpaired) electrons. The van der Waals surface area contributed by atoms with E-state index in [4.69, 9.17) is 0 Å². The Bertz CT molecular complexity index is 1030. The number of carbonyl (C=O) groups excluding carboxylic acids is 1. The van der Waals surface area contributed by atoms with Gasteiger partial charge in [0.2, 0.25) is 5.91 Å². The molecule has 1 amide bonds. The summed E-state index contributed by atoms with van der Waals surface area (Å²) in [7, 11) is -3.88. The highest BCUT2D eigenvalue weighted by Gasteiger charge is 2.27. The molecule has 0 aliphatic carbocycles. The summed E-state index contributed by atoms with van der Waals surface area (Å²) in [5, 5.41) is 2.81. The zero-order valence-electron chi connectivity index (χ0n) is 16.2. The third kappa shape index (κ3) is 5.23. The van der Waals surface area contributed by atoms with E-state index in [1.165, 1.54) is 16.4 Å². The van der Waals surface area contributed by atoms with Crippen LogP contribution in [0.2, 0.25) is 0 Å². The van der Waals surface area contributed by atoms with Gasteiger partial charge in [0.1, 0.15) is 6.54 Å². The van der Waals surface area contributed by atoms with Gasteiger partial charge in [-0.2, -0.15) is 0 Å². The number of hydrogen-bond acceptors (Lipinski definition) is 4. The monoisotopic (exact) mass is 412 g/mol. The van der Waals surface area contributed by atoms with Crippen molar-refractivity contribution < 1.29 is 13.2 Å². The van der Waals surface area contributed by atoms with E-state index < -0.39 is 10.0 Å². The van der Waals surface area contributed by atoms with Gasteiger partial charge in [0.05, 0.1) is 16.9 Å². The number of amides is 1. The van der Waals surface area contributed by atoms with Gasteiger partial charge in [-0.1, -0.05) is 36.4 Å². The van der Waals surface area contributed by atoms with Gasteiger partial charge < -0.3 is 9.88 Å². The van der Waals surface area contributed by atoms with Crippen molar-refractivity contribution in [2.24, 2.45) is 0 Å². The average molecular weight is 413 g/mol. The molecule has 3 aromatic rings. The molecular formula is C21H24N4O3S. The third-order valence-corrected chi connectivity index (χ3v) is 6.25. The molecule has 152 valence electrons. The lowest BCUT2D eigenvalue weighted by Gasteiger charge is -2.25. The van der Waals surface area contributed by atoms with Crippen LogP contribution in [0.15, 0.2) is 78.2 Å². The molecule has 0 spiro atoms. The van der Waals surface area contributed by atoms with E-state index in [1.54, 1.807) is 42.9 Å². The van der Waals surface area contributed by atoms with Crippen molar-refractivity contribution in [2.45, 2.75) is 24.8 Å². The number of aryl methyl sites for hydroxylation is 2. The first-order chi connectivity index (χ1) is 14.0. The number of imidazole rings is 1. The number of rotatable bonds is 9. The molecule has 0 fully saturated rings. The van der Waals surface area contributed by atoms with E-state index in [9.17, 15) is 13.2 Å². The van der Waals surface area contributed by atoms with Crippen LogP contribution in [0.5, 0.6) is 0 Å². The fourth-order valence-electron chi connectivity index (χ4n) is 2.96. The summed E-state index contributed by atoms with van der Waals surface area (Å²) in [5.41, 5.74) is 1.27. The maximum atomic E-state index is 13.2. The van der Waals surface area contributed by atoms with Gasteiger partial charge in [-0.3, -0.25) is 9.10 Å². The molecule has 1 aromatic heterocycles. The highest BCUT2D eigenvalue weighted by molar-refractivity contribution is 7.92. The first kappa shape index (κ1) is 20.6. The number of aromatic nitrogens is 2. The molecule has 0 saturated heterocycles. The molecule has 0 aliphatic heterocycles. The van der Waals surface area contributed by atoms with Crippen LogP contribution in [0.4, 0.5) is 5.69 Å². The number of anilines is 1. The molecular weight excluding hydrogens is 388 g/mol. The van der Waals surface area contributed by atoms with Gasteiger partial charge in [-0.05, 0) is 37.1 Å². The van der Waals surface area contributed by atoms with Crippen molar-refractivity contribution in [1.29, 1.82) is 0 Å². The molecule has 0 atom stereocenters. The zero-order valence-corrected chi connectivity index (χ0v) is 17.0. The lowest BCUT2D eigenvalue weighted by molar-refractivity contribution is -0.119. The number of sulfonamides is 1. The highest BCUT2D eigenvalue weighted by atomic mass is 32.2. The van der Waals surface area contributed by atoms with Crippen LogP contribution in [0.1, 0.15) is 12.0 Å². The van der Waals surface area contributed by atoms with Crippen LogP contribution in [0.3, 0.4) is 0 Å². The number of benzene rings is 2. The first-order valence-electron chi connectivity index (χ1n) is 9.34. The summed E-state index contributed by atoms with van der Waals surface area (Å²) in [6.45, 7) is 2.72. The molecule has 2 aromatic carbocycles. The number of carbonyl (C=O) groups is 1. The van der Waals surface area contributed by atoms with Crippen molar-refractivity contribution in [3.8, 4) is 0 Å². The Labute approximate surface area is 171 Å². The van der Waals surface area contributed by atoms with Gasteiger partial charge in [0, 0.05) is 25.5 Å². The van der Waals surface area contributed by atoms with E-state index in [-0.39, 0.29) is 17.3 Å². The van der Waals surface area contributed by atoms with Crippen molar-refractivity contribution in [3.05, 3.63) is 78.9 Å². The summed E-state index contributed by atoms with van der Waals surface area (Å²) >= 11 is 0. The number of para-hydroxylation sites is 1. The Kier molecular flexibility index (Phi) is 6.66. The summed E-state index contributed by atoms with van der Waals surface area (Å²) in [6, 6.07) is 15.3. The summed E-state index contributed by atoms with van der Waals surface area (Å²) in [4.78, 5) is 16.7. The summed E-state index contributed by atoms with van der Waals surface area (Å²) in [5.74, 6) is -0.349. The first-order valence-corrected chi connectivity index (χ1v) is 10.8. The molecule has 8 heteroatoms. The smallest absolute Gasteiger partial charge is 0.264 e. The van der Waals surface area contributed by atoms with E-state index in [2.05, 4.69) is 10.3 Å². The molecule has 7 nitrogen and oxygen atoms in total. The quantitative estimate of drug-likeness (QED) is 0.548. The predicted molar refractivity (Wildman–Crippen MR) is 112 cm³/mol. The standard InChI is InChI=1S/C21H24N4O3S/c1-18-8-5-6-11-20(18)25(29(27,28)19-9-3-2-4-10-19)16-21(26)23-12-7-14-24-15-13-22-17-24/h2-6,8-11,13,15,17H,7,12,14,16H2,1H3,(H,23,26). The molecule has 29 heavy (non-hydrogen) atoms. The van der Waals surface area contributed by atoms with Crippen molar-refractivity contribution >= 4 is 21.6 Å². The fourth-order valence-corrected chi connectivity index (χ4v) is 4.46. The van der Waals surface area contributed by atoms with Gasteiger partial charge in [-0.15, -0.1) is 0 Å². The fraction of sp³-hybridized carbons (Fsp3) is 0.238. The second-order valence-corrected chi connectivity index (χ2v) is 8.48. The van der Waals surface area contributed by atoms with Crippen LogP contribution in [0, 0.1) is 6.92 Å². The minimum atomic E-state index is -3.88. The lowest BCUT2D eigenvalue weighted by Crippen LogP contribution is -2.41. The molecule has 0 aliphatic rings. The minimum absolute atomic E-state index is 0.149. The largest absolute Gasteiger partial charge is 0.354 e. The Morgan fingerprint density at radius 2 is 1.83 bits per heavy atom. The Morgan fingerprint density at radius 1 is 1.10 bits per heavy atom. The number of nitrogens with zero attached hydrogens (tertiary/aromatic N) is 3. The van der Waals surface area contributed by atoms with Crippen molar-refractivity contribution in [3.63, 3.8) is 0 Å². The van der Waals surface area contributed by atoms with E-state index in [0.717, 1.165) is 18.5 Å². The minimum Gasteiger partial charge on any atom is -0.354 e. The van der Waals surface area contributed by atoms with Gasteiger partial charge in [0.15, 0.2) is 0 Å². The van der Waals surface area contributed by atoms with Crippen LogP contribution < -0.4 is 9.62 Å².